The number of rotatable bonds is 3. The summed E-state index contributed by atoms with van der Waals surface area (Å²) in [6, 6.07) is 3.89. The summed E-state index contributed by atoms with van der Waals surface area (Å²) in [5, 5.41) is 0. The van der Waals surface area contributed by atoms with Crippen LogP contribution in [0.15, 0.2) is 12.1 Å². The van der Waals surface area contributed by atoms with E-state index in [0.29, 0.717) is 15.5 Å². The fourth-order valence-electron chi connectivity index (χ4n) is 2.75. The second-order valence-electron chi connectivity index (χ2n) is 4.94. The first-order valence-electron chi connectivity index (χ1n) is 6.70. The molecule has 0 atom stereocenters. The van der Waals surface area contributed by atoms with E-state index in [-0.39, 0.29) is 5.82 Å². The third kappa shape index (κ3) is 2.81. The molecule has 1 saturated heterocycles. The van der Waals surface area contributed by atoms with Gasteiger partial charge in [0.05, 0.1) is 14.6 Å². The van der Waals surface area contributed by atoms with E-state index in [9.17, 15) is 4.39 Å². The van der Waals surface area contributed by atoms with E-state index in [1.807, 2.05) is 40.4 Å². The molecule has 1 fully saturated rings. The minimum atomic E-state index is -0.165. The van der Waals surface area contributed by atoms with Crippen LogP contribution in [0.5, 0.6) is 0 Å². The molecule has 0 amide bonds. The van der Waals surface area contributed by atoms with Crippen LogP contribution in [0.1, 0.15) is 24.7 Å². The molecular formula is C14H15ClFIN2S. The Hall–Kier alpha value is -0.0100. The van der Waals surface area contributed by atoms with E-state index in [4.69, 9.17) is 11.6 Å². The number of imidazole rings is 1. The first-order valence-corrected chi connectivity index (χ1v) is 9.47. The average molecular weight is 425 g/mol. The van der Waals surface area contributed by atoms with Crippen molar-refractivity contribution in [3.63, 3.8) is 0 Å². The minimum Gasteiger partial charge on any atom is -0.325 e. The Labute approximate surface area is 140 Å². The van der Waals surface area contributed by atoms with Crippen LogP contribution in [0.2, 0.25) is 0 Å². The summed E-state index contributed by atoms with van der Waals surface area (Å²) in [5.41, 5.74) is 1.80. The van der Waals surface area contributed by atoms with Crippen LogP contribution in [0, 0.1) is 9.39 Å². The summed E-state index contributed by atoms with van der Waals surface area (Å²) < 4.78 is 16.8. The van der Waals surface area contributed by atoms with E-state index < -0.39 is 0 Å². The number of fused-ring (bicyclic) bond motifs is 1. The van der Waals surface area contributed by atoms with Crippen molar-refractivity contribution in [3.8, 4) is 0 Å². The van der Waals surface area contributed by atoms with Gasteiger partial charge in [-0.05, 0) is 53.0 Å². The third-order valence-electron chi connectivity index (χ3n) is 3.68. The number of hydrogen-bond donors (Lipinski definition) is 0. The molecule has 3 rings (SSSR count). The lowest BCUT2D eigenvalue weighted by molar-refractivity contribution is 0.465. The molecule has 0 N–H and O–H groups in total. The van der Waals surface area contributed by atoms with Gasteiger partial charge in [0.2, 0.25) is 0 Å². The van der Waals surface area contributed by atoms with Gasteiger partial charge in [0.15, 0.2) is 0 Å². The zero-order valence-corrected chi connectivity index (χ0v) is 14.6. The number of thioether (sulfide) groups is 1. The average Bonchev–Trinajstić information content (AvgIpc) is 2.78. The molecule has 1 aliphatic rings. The Kier molecular flexibility index (Phi) is 4.77. The van der Waals surface area contributed by atoms with Gasteiger partial charge in [-0.2, -0.15) is 11.8 Å². The normalized spacial score (nSPS) is 16.9. The second-order valence-corrected chi connectivity index (χ2v) is 7.70. The lowest BCUT2D eigenvalue weighted by Crippen LogP contribution is -2.18. The predicted molar refractivity (Wildman–Crippen MR) is 92.4 cm³/mol. The summed E-state index contributed by atoms with van der Waals surface area (Å²) in [6.07, 6.45) is 2.98. The molecule has 2 heterocycles. The van der Waals surface area contributed by atoms with Crippen molar-refractivity contribution in [1.82, 2.24) is 9.55 Å². The lowest BCUT2D eigenvalue weighted by Gasteiger charge is -2.25. The molecule has 2 aromatic rings. The van der Waals surface area contributed by atoms with Gasteiger partial charge in [-0.25, -0.2) is 9.37 Å². The predicted octanol–water partition coefficient (Wildman–Crippen LogP) is 4.63. The molecule has 0 bridgehead atoms. The van der Waals surface area contributed by atoms with Gasteiger partial charge in [0.25, 0.3) is 0 Å². The zero-order valence-electron chi connectivity index (χ0n) is 10.9. The van der Waals surface area contributed by atoms with Gasteiger partial charge in [0, 0.05) is 24.4 Å². The molecule has 1 aromatic heterocycles. The minimum absolute atomic E-state index is 0.165. The Balaban J connectivity index is 2.14. The highest BCUT2D eigenvalue weighted by Crippen LogP contribution is 2.32. The van der Waals surface area contributed by atoms with Crippen molar-refractivity contribution >= 4 is 57.0 Å². The number of hydrogen-bond acceptors (Lipinski definition) is 2. The van der Waals surface area contributed by atoms with Gasteiger partial charge in [-0.1, -0.05) is 0 Å². The van der Waals surface area contributed by atoms with E-state index in [2.05, 4.69) is 9.55 Å². The molecule has 1 aliphatic heterocycles. The van der Waals surface area contributed by atoms with Gasteiger partial charge in [-0.15, -0.1) is 11.6 Å². The van der Waals surface area contributed by atoms with E-state index in [1.165, 1.54) is 0 Å². The largest absolute Gasteiger partial charge is 0.325 e. The van der Waals surface area contributed by atoms with Gasteiger partial charge < -0.3 is 4.57 Å². The maximum absolute atomic E-state index is 13.9. The summed E-state index contributed by atoms with van der Waals surface area (Å²) in [4.78, 5) is 4.68. The number of nitrogens with zero attached hydrogens (tertiary/aromatic N) is 2. The van der Waals surface area contributed by atoms with Crippen LogP contribution in [0.25, 0.3) is 11.0 Å². The van der Waals surface area contributed by atoms with Crippen LogP contribution in [0.4, 0.5) is 4.39 Å². The fraction of sp³-hybridized carbons (Fsp3) is 0.500. The highest BCUT2D eigenvalue weighted by atomic mass is 127. The molecule has 0 unspecified atom stereocenters. The second kappa shape index (κ2) is 6.40. The zero-order chi connectivity index (χ0) is 14.1. The highest BCUT2D eigenvalue weighted by molar-refractivity contribution is 14.1. The van der Waals surface area contributed by atoms with Crippen molar-refractivity contribution in [2.24, 2.45) is 0 Å². The molecule has 1 aromatic carbocycles. The number of aryl methyl sites for hydroxylation is 1. The van der Waals surface area contributed by atoms with Crippen LogP contribution >= 0.6 is 46.0 Å². The van der Waals surface area contributed by atoms with E-state index >= 15 is 0 Å². The standard InChI is InChI=1S/C14H15ClFIN2S/c15-4-1-14-18-12-8-11(17)10(16)7-13(12)19(14)9-2-5-20-6-3-9/h7-9H,1-6H2. The Morgan fingerprint density at radius 2 is 2.15 bits per heavy atom. The molecule has 108 valence electrons. The van der Waals surface area contributed by atoms with Crippen LogP contribution in [-0.4, -0.2) is 26.9 Å². The van der Waals surface area contributed by atoms with Gasteiger partial charge >= 0.3 is 0 Å². The third-order valence-corrected chi connectivity index (χ3v) is 5.74. The monoisotopic (exact) mass is 424 g/mol. The molecule has 0 aliphatic carbocycles. The molecule has 2 nitrogen and oxygen atoms in total. The summed E-state index contributed by atoms with van der Waals surface area (Å²) in [6.45, 7) is 0. The Bertz CT molecular complexity index is 625. The molecule has 20 heavy (non-hydrogen) atoms. The van der Waals surface area contributed by atoms with Gasteiger partial charge in [0.1, 0.15) is 11.6 Å². The number of aromatic nitrogens is 2. The highest BCUT2D eigenvalue weighted by Gasteiger charge is 2.22. The smallest absolute Gasteiger partial charge is 0.138 e. The van der Waals surface area contributed by atoms with Crippen LogP contribution in [0.3, 0.4) is 0 Å². The SMILES string of the molecule is Fc1cc2c(cc1I)nc(CCCl)n2C1CCSCC1. The number of alkyl halides is 1. The summed E-state index contributed by atoms with van der Waals surface area (Å²) in [5.74, 6) is 3.70. The van der Waals surface area contributed by atoms with Crippen LogP contribution < -0.4 is 0 Å². The maximum atomic E-state index is 13.9. The molecule has 0 saturated carbocycles. The number of benzene rings is 1. The van der Waals surface area contributed by atoms with E-state index in [0.717, 1.165) is 47.6 Å². The quantitative estimate of drug-likeness (QED) is 0.528. The van der Waals surface area contributed by atoms with Crippen LogP contribution in [-0.2, 0) is 6.42 Å². The van der Waals surface area contributed by atoms with Crippen molar-refractivity contribution in [2.45, 2.75) is 25.3 Å². The molecule has 0 spiro atoms. The molecular weight excluding hydrogens is 410 g/mol. The molecule has 0 radical (unpaired) electrons. The fourth-order valence-corrected chi connectivity index (χ4v) is 4.45. The van der Waals surface area contributed by atoms with E-state index in [1.54, 1.807) is 6.07 Å². The Morgan fingerprint density at radius 1 is 1.40 bits per heavy atom. The maximum Gasteiger partial charge on any atom is 0.138 e. The lowest BCUT2D eigenvalue weighted by atomic mass is 10.1. The topological polar surface area (TPSA) is 17.8 Å². The van der Waals surface area contributed by atoms with Crippen molar-refractivity contribution in [3.05, 3.63) is 27.3 Å². The molecule has 6 heteroatoms. The van der Waals surface area contributed by atoms with Crippen molar-refractivity contribution < 1.29 is 4.39 Å². The number of halogens is 3. The van der Waals surface area contributed by atoms with Gasteiger partial charge in [-0.3, -0.25) is 0 Å². The summed E-state index contributed by atoms with van der Waals surface area (Å²) in [7, 11) is 0. The first kappa shape index (κ1) is 14.9. The van der Waals surface area contributed by atoms with Crippen molar-refractivity contribution in [2.75, 3.05) is 17.4 Å². The first-order chi connectivity index (χ1) is 9.70. The van der Waals surface area contributed by atoms with Crippen molar-refractivity contribution in [1.29, 1.82) is 0 Å². The summed E-state index contributed by atoms with van der Waals surface area (Å²) >= 11 is 9.91. The Morgan fingerprint density at radius 3 is 2.85 bits per heavy atom.